The molecule has 7 atom stereocenters. The van der Waals surface area contributed by atoms with Gasteiger partial charge in [0.15, 0.2) is 0 Å². The summed E-state index contributed by atoms with van der Waals surface area (Å²) in [6, 6.07) is 15.8. The first-order valence-electron chi connectivity index (χ1n) is 16.2. The van der Waals surface area contributed by atoms with E-state index >= 15 is 0 Å². The summed E-state index contributed by atoms with van der Waals surface area (Å²) in [4.78, 5) is 49.4. The van der Waals surface area contributed by atoms with Crippen molar-refractivity contribution in [3.05, 3.63) is 84.5 Å². The Hall–Kier alpha value is -3.56. The highest BCUT2D eigenvalue weighted by atomic mass is 32.2. The molecule has 0 bridgehead atoms. The molecule has 2 aromatic carbocycles. The van der Waals surface area contributed by atoms with E-state index in [2.05, 4.69) is 26.0 Å². The molecule has 2 saturated heterocycles. The molecule has 4 aliphatic heterocycles. The quantitative estimate of drug-likeness (QED) is 0.390. The highest BCUT2D eigenvalue weighted by Gasteiger charge is 2.71. The largest absolute Gasteiger partial charge is 0.494 e. The third kappa shape index (κ3) is 5.48. The van der Waals surface area contributed by atoms with Crippen molar-refractivity contribution in [3.8, 4) is 5.75 Å². The Morgan fingerprint density at radius 3 is 2.42 bits per heavy atom. The van der Waals surface area contributed by atoms with E-state index in [9.17, 15) is 19.5 Å². The van der Waals surface area contributed by atoms with E-state index in [0.717, 1.165) is 29.8 Å². The topological polar surface area (TPSA) is 90.4 Å². The minimum atomic E-state index is -0.934. The molecule has 4 heterocycles. The third-order valence-corrected chi connectivity index (χ3v) is 11.5. The van der Waals surface area contributed by atoms with Crippen LogP contribution in [0, 0.1) is 11.8 Å². The van der Waals surface area contributed by atoms with Gasteiger partial charge in [0.05, 0.1) is 35.8 Å². The van der Waals surface area contributed by atoms with Crippen molar-refractivity contribution < 1.29 is 24.2 Å². The van der Waals surface area contributed by atoms with Crippen molar-refractivity contribution in [2.24, 2.45) is 11.8 Å². The van der Waals surface area contributed by atoms with Gasteiger partial charge in [0.1, 0.15) is 11.8 Å². The van der Waals surface area contributed by atoms with E-state index in [-0.39, 0.29) is 35.6 Å². The number of amides is 3. The molecule has 0 aliphatic carbocycles. The fourth-order valence-electron chi connectivity index (χ4n) is 7.72. The second-order valence-electron chi connectivity index (χ2n) is 12.4. The number of hydrogen-bond donors (Lipinski definition) is 1. The number of aliphatic hydroxyl groups is 1. The zero-order valence-electron chi connectivity index (χ0n) is 26.2. The van der Waals surface area contributed by atoms with Gasteiger partial charge >= 0.3 is 0 Å². The highest BCUT2D eigenvalue weighted by molar-refractivity contribution is 8.02. The molecule has 1 spiro atoms. The van der Waals surface area contributed by atoms with Gasteiger partial charge in [0, 0.05) is 30.1 Å². The molecule has 6 rings (SSSR count). The average Bonchev–Trinajstić information content (AvgIpc) is 3.36. The summed E-state index contributed by atoms with van der Waals surface area (Å²) in [6.45, 7) is 7.21. The molecule has 238 valence electrons. The maximum absolute atomic E-state index is 14.9. The SMILES string of the molecule is CCCC(C)N1CC=C[C@]23S[C@@H]4C=CCN(c5ccc(OCC)cc5)C(=O)[C@@H]4[C@H]2C(=O)N([C@@H](CO)Cc2ccccc2)C3C1=O. The van der Waals surface area contributed by atoms with Crippen molar-refractivity contribution in [1.82, 2.24) is 9.80 Å². The minimum absolute atomic E-state index is 0.00596. The van der Waals surface area contributed by atoms with Crippen LogP contribution in [0.1, 0.15) is 39.2 Å². The van der Waals surface area contributed by atoms with Crippen LogP contribution in [0.4, 0.5) is 5.69 Å². The van der Waals surface area contributed by atoms with Crippen molar-refractivity contribution >= 4 is 35.2 Å². The van der Waals surface area contributed by atoms with Crippen LogP contribution in [0.25, 0.3) is 0 Å². The van der Waals surface area contributed by atoms with Gasteiger partial charge in [-0.25, -0.2) is 0 Å². The lowest BCUT2D eigenvalue weighted by atomic mass is 9.78. The van der Waals surface area contributed by atoms with Gasteiger partial charge in [-0.1, -0.05) is 68.0 Å². The molecule has 0 saturated carbocycles. The average molecular weight is 630 g/mol. The Morgan fingerprint density at radius 2 is 1.73 bits per heavy atom. The number of hydrogen-bond acceptors (Lipinski definition) is 6. The fourth-order valence-corrected chi connectivity index (χ4v) is 9.71. The molecule has 2 aromatic rings. The van der Waals surface area contributed by atoms with E-state index in [1.165, 1.54) is 0 Å². The number of likely N-dealkylation sites (tertiary alicyclic amines) is 1. The number of ether oxygens (including phenoxy) is 1. The highest BCUT2D eigenvalue weighted by Crippen LogP contribution is 2.61. The molecule has 2 fully saturated rings. The minimum Gasteiger partial charge on any atom is -0.494 e. The van der Waals surface area contributed by atoms with Crippen LogP contribution in [0.5, 0.6) is 5.75 Å². The van der Waals surface area contributed by atoms with Crippen LogP contribution in [0.3, 0.4) is 0 Å². The Bertz CT molecular complexity index is 1460. The normalized spacial score (nSPS) is 28.8. The second-order valence-corrected chi connectivity index (χ2v) is 13.9. The summed E-state index contributed by atoms with van der Waals surface area (Å²) in [6.07, 6.45) is 10.3. The van der Waals surface area contributed by atoms with Gasteiger partial charge in [-0.2, -0.15) is 0 Å². The molecule has 9 heteroatoms. The standard InChI is InChI=1S/C36H43N3O5S/c1-4-11-24(3)37-21-10-19-36-31(34(42)39(32(36)35(37)43)27(23-40)22-25-12-7-6-8-13-25)30-29(45-36)14-9-20-38(33(30)41)26-15-17-28(18-16-26)44-5-2/h6-10,12-19,24,27,29-32,40H,4-5,11,20-23H2,1-3H3/t24?,27-,29-,30+,31+,32?,36+/m1/s1. The number of carbonyl (C=O) groups excluding carboxylic acids is 3. The Labute approximate surface area is 270 Å². The molecular formula is C36H43N3O5S. The predicted octanol–water partition coefficient (Wildman–Crippen LogP) is 4.48. The van der Waals surface area contributed by atoms with E-state index in [0.29, 0.717) is 26.1 Å². The molecule has 0 radical (unpaired) electrons. The number of rotatable bonds is 10. The molecule has 4 aliphatic rings. The first-order valence-corrected chi connectivity index (χ1v) is 17.1. The summed E-state index contributed by atoms with van der Waals surface area (Å²) in [5.74, 6) is -1.13. The van der Waals surface area contributed by atoms with Crippen LogP contribution in [-0.2, 0) is 20.8 Å². The van der Waals surface area contributed by atoms with Gasteiger partial charge in [0.25, 0.3) is 0 Å². The van der Waals surface area contributed by atoms with Crippen LogP contribution in [0.15, 0.2) is 78.9 Å². The summed E-state index contributed by atoms with van der Waals surface area (Å²) in [7, 11) is 0. The van der Waals surface area contributed by atoms with Crippen molar-refractivity contribution in [3.63, 3.8) is 0 Å². The van der Waals surface area contributed by atoms with Gasteiger partial charge in [-0.3, -0.25) is 14.4 Å². The van der Waals surface area contributed by atoms with Gasteiger partial charge < -0.3 is 24.5 Å². The Morgan fingerprint density at radius 1 is 0.978 bits per heavy atom. The van der Waals surface area contributed by atoms with Gasteiger partial charge in [-0.05, 0) is 56.5 Å². The van der Waals surface area contributed by atoms with Crippen LogP contribution in [-0.4, -0.2) is 87.1 Å². The van der Waals surface area contributed by atoms with Crippen molar-refractivity contribution in [1.29, 1.82) is 0 Å². The first-order chi connectivity index (χ1) is 21.8. The molecule has 3 amide bonds. The predicted molar refractivity (Wildman–Crippen MR) is 177 cm³/mol. The van der Waals surface area contributed by atoms with Crippen LogP contribution >= 0.6 is 11.8 Å². The van der Waals surface area contributed by atoms with Crippen LogP contribution < -0.4 is 9.64 Å². The zero-order valence-corrected chi connectivity index (χ0v) is 27.1. The lowest BCUT2D eigenvalue weighted by Gasteiger charge is -2.40. The van der Waals surface area contributed by atoms with E-state index in [1.54, 1.807) is 21.6 Å². The molecule has 0 aromatic heterocycles. The summed E-state index contributed by atoms with van der Waals surface area (Å²) in [5.41, 5.74) is 1.71. The van der Waals surface area contributed by atoms with Crippen molar-refractivity contribution in [2.45, 2.75) is 68.2 Å². The number of benzene rings is 2. The Balaban J connectivity index is 1.42. The van der Waals surface area contributed by atoms with Gasteiger partial charge in [-0.15, -0.1) is 11.8 Å². The number of nitrogens with zero attached hydrogens (tertiary/aromatic N) is 3. The second kappa shape index (κ2) is 13.0. The molecular weight excluding hydrogens is 586 g/mol. The number of thioether (sulfide) groups is 1. The number of aliphatic hydroxyl groups excluding tert-OH is 1. The molecule has 1 N–H and O–H groups in total. The summed E-state index contributed by atoms with van der Waals surface area (Å²) < 4.78 is 4.68. The monoisotopic (exact) mass is 629 g/mol. The summed E-state index contributed by atoms with van der Waals surface area (Å²) >= 11 is 1.57. The van der Waals surface area contributed by atoms with E-state index in [4.69, 9.17) is 4.74 Å². The van der Waals surface area contributed by atoms with Crippen molar-refractivity contribution in [2.75, 3.05) is 31.2 Å². The van der Waals surface area contributed by atoms with E-state index < -0.39 is 28.7 Å². The number of carbonyl (C=O) groups is 3. The maximum Gasteiger partial charge on any atom is 0.247 e. The number of anilines is 1. The maximum atomic E-state index is 14.9. The molecule has 2 unspecified atom stereocenters. The van der Waals surface area contributed by atoms with Crippen LogP contribution in [0.2, 0.25) is 0 Å². The van der Waals surface area contributed by atoms with Gasteiger partial charge in [0.2, 0.25) is 17.7 Å². The fraction of sp³-hybridized carbons (Fsp3) is 0.472. The lowest BCUT2D eigenvalue weighted by Crippen LogP contribution is -2.58. The lowest BCUT2D eigenvalue weighted by molar-refractivity contribution is -0.146. The van der Waals surface area contributed by atoms with E-state index in [1.807, 2.05) is 78.6 Å². The molecule has 45 heavy (non-hydrogen) atoms. The smallest absolute Gasteiger partial charge is 0.247 e. The molecule has 8 nitrogen and oxygen atoms in total. The Kier molecular flexibility index (Phi) is 9.11. The summed E-state index contributed by atoms with van der Waals surface area (Å²) in [5, 5.41) is 10.5. The third-order valence-electron chi connectivity index (χ3n) is 9.74. The number of fused-ring (bicyclic) bond motifs is 2. The zero-order chi connectivity index (χ0) is 31.7. The first kappa shape index (κ1) is 31.4.